The Morgan fingerprint density at radius 2 is 1.90 bits per heavy atom. The van der Waals surface area contributed by atoms with Crippen LogP contribution >= 0.6 is 12.0 Å². The number of anilines is 1. The van der Waals surface area contributed by atoms with Crippen LogP contribution in [0.15, 0.2) is 39.9 Å². The van der Waals surface area contributed by atoms with Crippen molar-refractivity contribution in [2.45, 2.75) is 4.90 Å². The lowest BCUT2D eigenvalue weighted by atomic mass is 10.3. The summed E-state index contributed by atoms with van der Waals surface area (Å²) in [6.45, 7) is 0. The molecule has 3 rings (SSSR count). The standard InChI is InChI=1S/C12H6F3N3O2S/c13-6-4-5-7(11(15)10(6)14)17-20-21-9-3-1-2-8-12(9)18-19-16-8/h1-5,17H. The van der Waals surface area contributed by atoms with E-state index in [9.17, 15) is 13.2 Å². The van der Waals surface area contributed by atoms with E-state index in [1.807, 2.05) is 0 Å². The minimum atomic E-state index is -1.57. The van der Waals surface area contributed by atoms with Crippen molar-refractivity contribution in [2.24, 2.45) is 0 Å². The van der Waals surface area contributed by atoms with Crippen LogP contribution in [0.2, 0.25) is 0 Å². The predicted molar refractivity (Wildman–Crippen MR) is 68.7 cm³/mol. The molecule has 0 atom stereocenters. The van der Waals surface area contributed by atoms with Crippen LogP contribution in [0.3, 0.4) is 0 Å². The first-order valence-electron chi connectivity index (χ1n) is 5.61. The van der Waals surface area contributed by atoms with Gasteiger partial charge in [0.15, 0.2) is 23.0 Å². The van der Waals surface area contributed by atoms with Crippen LogP contribution in [0.5, 0.6) is 0 Å². The van der Waals surface area contributed by atoms with E-state index in [-0.39, 0.29) is 5.69 Å². The maximum absolute atomic E-state index is 13.4. The summed E-state index contributed by atoms with van der Waals surface area (Å²) in [7, 11) is 0. The Morgan fingerprint density at radius 1 is 1.05 bits per heavy atom. The Hall–Kier alpha value is -2.26. The molecule has 0 spiro atoms. The smallest absolute Gasteiger partial charge is 0.196 e. The number of nitrogens with zero attached hydrogens (tertiary/aromatic N) is 2. The molecule has 0 aliphatic carbocycles. The molecule has 1 aromatic heterocycles. The Labute approximate surface area is 120 Å². The van der Waals surface area contributed by atoms with Gasteiger partial charge in [0.1, 0.15) is 11.2 Å². The van der Waals surface area contributed by atoms with Crippen molar-refractivity contribution < 1.29 is 22.1 Å². The molecule has 0 unspecified atom stereocenters. The molecule has 108 valence electrons. The zero-order valence-electron chi connectivity index (χ0n) is 10.1. The molecule has 0 saturated heterocycles. The Balaban J connectivity index is 1.72. The van der Waals surface area contributed by atoms with E-state index in [1.54, 1.807) is 18.2 Å². The molecule has 21 heavy (non-hydrogen) atoms. The van der Waals surface area contributed by atoms with Crippen molar-refractivity contribution in [3.8, 4) is 0 Å². The second-order valence-electron chi connectivity index (χ2n) is 3.88. The van der Waals surface area contributed by atoms with Crippen LogP contribution in [0.25, 0.3) is 11.0 Å². The summed E-state index contributed by atoms with van der Waals surface area (Å²) in [5.41, 5.74) is 2.86. The summed E-state index contributed by atoms with van der Waals surface area (Å²) < 4.78 is 48.7. The van der Waals surface area contributed by atoms with Gasteiger partial charge in [-0.1, -0.05) is 6.07 Å². The van der Waals surface area contributed by atoms with Crippen molar-refractivity contribution in [1.82, 2.24) is 10.3 Å². The van der Waals surface area contributed by atoms with Crippen LogP contribution in [0.1, 0.15) is 0 Å². The van der Waals surface area contributed by atoms with Gasteiger partial charge in [-0.25, -0.2) is 17.8 Å². The zero-order chi connectivity index (χ0) is 14.8. The molecule has 0 amide bonds. The molecule has 0 saturated carbocycles. The van der Waals surface area contributed by atoms with Crippen LogP contribution in [0, 0.1) is 17.5 Å². The van der Waals surface area contributed by atoms with Crippen molar-refractivity contribution >= 4 is 28.8 Å². The van der Waals surface area contributed by atoms with Crippen LogP contribution < -0.4 is 5.48 Å². The van der Waals surface area contributed by atoms with Crippen LogP contribution in [-0.2, 0) is 4.28 Å². The summed E-state index contributed by atoms with van der Waals surface area (Å²) in [4.78, 5) is 0.559. The van der Waals surface area contributed by atoms with Gasteiger partial charge in [-0.2, -0.15) is 4.28 Å². The predicted octanol–water partition coefficient (Wildman–Crippen LogP) is 3.69. The molecule has 0 aliphatic rings. The molecule has 0 fully saturated rings. The number of nitrogens with one attached hydrogen (secondary N) is 1. The lowest BCUT2D eigenvalue weighted by Gasteiger charge is -2.07. The average molecular weight is 313 g/mol. The molecule has 3 aromatic rings. The van der Waals surface area contributed by atoms with Gasteiger partial charge in [0, 0.05) is 0 Å². The first kappa shape index (κ1) is 13.7. The highest BCUT2D eigenvalue weighted by atomic mass is 32.2. The quantitative estimate of drug-likeness (QED) is 0.450. The molecule has 1 N–H and O–H groups in total. The Bertz CT molecular complexity index is 797. The summed E-state index contributed by atoms with van der Waals surface area (Å²) >= 11 is 0.812. The maximum Gasteiger partial charge on any atom is 0.196 e. The van der Waals surface area contributed by atoms with E-state index in [4.69, 9.17) is 4.28 Å². The highest BCUT2D eigenvalue weighted by Crippen LogP contribution is 2.27. The number of rotatable bonds is 4. The van der Waals surface area contributed by atoms with Crippen LogP contribution in [-0.4, -0.2) is 10.3 Å². The van der Waals surface area contributed by atoms with E-state index >= 15 is 0 Å². The number of benzene rings is 2. The Kier molecular flexibility index (Phi) is 3.67. The van der Waals surface area contributed by atoms with Gasteiger partial charge >= 0.3 is 0 Å². The van der Waals surface area contributed by atoms with Crippen molar-refractivity contribution in [1.29, 1.82) is 0 Å². The van der Waals surface area contributed by atoms with E-state index in [1.165, 1.54) is 0 Å². The minimum Gasteiger partial charge on any atom is -0.251 e. The largest absolute Gasteiger partial charge is 0.251 e. The lowest BCUT2D eigenvalue weighted by molar-refractivity contribution is 0.315. The molecular formula is C12H6F3N3O2S. The molecule has 2 aromatic carbocycles. The van der Waals surface area contributed by atoms with Gasteiger partial charge in [-0.3, -0.25) is 5.48 Å². The fraction of sp³-hybridized carbons (Fsp3) is 0. The number of hydrogen-bond donors (Lipinski definition) is 1. The topological polar surface area (TPSA) is 60.2 Å². The molecule has 9 heteroatoms. The summed E-state index contributed by atoms with van der Waals surface area (Å²) in [5.74, 6) is -4.21. The number of fused-ring (bicyclic) bond motifs is 1. The van der Waals surface area contributed by atoms with Crippen molar-refractivity contribution in [2.75, 3.05) is 5.48 Å². The molecule has 0 aliphatic heterocycles. The third-order valence-corrected chi connectivity index (χ3v) is 3.24. The van der Waals surface area contributed by atoms with Gasteiger partial charge < -0.3 is 0 Å². The fourth-order valence-electron chi connectivity index (χ4n) is 1.56. The fourth-order valence-corrected chi connectivity index (χ4v) is 2.14. The molecule has 5 nitrogen and oxygen atoms in total. The van der Waals surface area contributed by atoms with E-state index in [2.05, 4.69) is 20.4 Å². The first-order valence-corrected chi connectivity index (χ1v) is 6.35. The van der Waals surface area contributed by atoms with Gasteiger partial charge in [-0.15, -0.1) is 0 Å². The van der Waals surface area contributed by atoms with Gasteiger partial charge in [0.25, 0.3) is 0 Å². The minimum absolute atomic E-state index is 0.327. The second-order valence-corrected chi connectivity index (χ2v) is 4.65. The third-order valence-electron chi connectivity index (χ3n) is 2.57. The van der Waals surface area contributed by atoms with Gasteiger partial charge in [-0.05, 0) is 34.6 Å². The third kappa shape index (κ3) is 2.65. The number of hydrogen-bond acceptors (Lipinski definition) is 6. The molecule has 0 radical (unpaired) electrons. The molecule has 1 heterocycles. The summed E-state index contributed by atoms with van der Waals surface area (Å²) in [6.07, 6.45) is 0. The van der Waals surface area contributed by atoms with Crippen LogP contribution in [0.4, 0.5) is 18.9 Å². The maximum atomic E-state index is 13.4. The van der Waals surface area contributed by atoms with Crippen molar-refractivity contribution in [3.63, 3.8) is 0 Å². The average Bonchev–Trinajstić information content (AvgIpc) is 2.96. The number of aromatic nitrogens is 2. The second kappa shape index (κ2) is 5.62. The molecule has 0 bridgehead atoms. The zero-order valence-corrected chi connectivity index (χ0v) is 11.0. The SMILES string of the molecule is Fc1ccc(NOSc2cccc3nonc23)c(F)c1F. The Morgan fingerprint density at radius 3 is 2.76 bits per heavy atom. The monoisotopic (exact) mass is 313 g/mol. The van der Waals surface area contributed by atoms with E-state index in [0.717, 1.165) is 24.2 Å². The van der Waals surface area contributed by atoms with E-state index in [0.29, 0.717) is 15.9 Å². The first-order chi connectivity index (χ1) is 10.2. The van der Waals surface area contributed by atoms with Gasteiger partial charge in [0.2, 0.25) is 0 Å². The van der Waals surface area contributed by atoms with Crippen molar-refractivity contribution in [3.05, 3.63) is 47.8 Å². The molecular weight excluding hydrogens is 307 g/mol. The highest BCUT2D eigenvalue weighted by Gasteiger charge is 2.14. The summed E-state index contributed by atoms with van der Waals surface area (Å²) in [6, 6.07) is 6.89. The normalized spacial score (nSPS) is 11.0. The number of halogens is 3. The van der Waals surface area contributed by atoms with Gasteiger partial charge in [0.05, 0.1) is 16.9 Å². The van der Waals surface area contributed by atoms with E-state index < -0.39 is 17.5 Å². The lowest BCUT2D eigenvalue weighted by Crippen LogP contribution is -2.01. The highest BCUT2D eigenvalue weighted by molar-refractivity contribution is 7.95. The summed E-state index contributed by atoms with van der Waals surface area (Å²) in [5, 5.41) is 7.34.